The Kier molecular flexibility index (Phi) is 61.7. The summed E-state index contributed by atoms with van der Waals surface area (Å²) in [4.78, 5) is 38.3. The Morgan fingerprint density at radius 1 is 0.267 bits per heavy atom. The van der Waals surface area contributed by atoms with Crippen molar-refractivity contribution in [1.82, 2.24) is 0 Å². The summed E-state index contributed by atoms with van der Waals surface area (Å²) in [5.74, 6) is -0.881. The molecule has 0 aromatic heterocycles. The van der Waals surface area contributed by atoms with Crippen LogP contribution in [0, 0.1) is 0 Å². The average Bonchev–Trinajstić information content (AvgIpc) is 3.41. The molecular formula is C69H126O6. The fourth-order valence-corrected chi connectivity index (χ4v) is 9.76. The lowest BCUT2D eigenvalue weighted by atomic mass is 10.0. The molecule has 0 aromatic carbocycles. The summed E-state index contributed by atoms with van der Waals surface area (Å²) in [7, 11) is 0. The first-order chi connectivity index (χ1) is 37.0. The Morgan fingerprint density at radius 2 is 0.480 bits per heavy atom. The van der Waals surface area contributed by atoms with Crippen molar-refractivity contribution in [3.63, 3.8) is 0 Å². The maximum atomic E-state index is 12.9. The number of esters is 3. The zero-order valence-electron chi connectivity index (χ0n) is 50.3. The smallest absolute Gasteiger partial charge is 0.306 e. The number of carbonyl (C=O) groups is 3. The van der Waals surface area contributed by atoms with Crippen molar-refractivity contribution in [2.45, 2.75) is 361 Å². The Balaban J connectivity index is 4.29. The first-order valence-electron chi connectivity index (χ1n) is 33.1. The molecule has 0 amide bonds. The van der Waals surface area contributed by atoms with E-state index in [9.17, 15) is 14.4 Å². The average molecular weight is 1050 g/mol. The third-order valence-electron chi connectivity index (χ3n) is 14.8. The predicted octanol–water partition coefficient (Wildman–Crippen LogP) is 22.6. The first kappa shape index (κ1) is 72.4. The van der Waals surface area contributed by atoms with E-state index < -0.39 is 6.10 Å². The van der Waals surface area contributed by atoms with Gasteiger partial charge in [-0.2, -0.15) is 0 Å². The number of unbranched alkanes of at least 4 members (excludes halogenated alkanes) is 42. The van der Waals surface area contributed by atoms with E-state index in [0.717, 1.165) is 89.9 Å². The van der Waals surface area contributed by atoms with E-state index in [1.807, 2.05) is 0 Å². The molecule has 0 aliphatic rings. The molecule has 0 heterocycles. The standard InChI is InChI=1S/C69H126O6/c1-4-7-10-13-16-19-22-25-28-31-32-33-34-35-36-37-38-39-42-44-47-50-53-56-59-62-68(71)74-65-66(75-69(72)63-60-57-54-51-48-45-41-30-27-24-21-18-15-12-9-6-3)64-73-67(70)61-58-55-52-49-46-43-40-29-26-23-20-17-14-11-8-5-2/h21,24,29-32,40-41,66H,4-20,22-23,25-28,33-39,42-65H2,1-3H3/b24-21-,32-31-,40-29-,41-30-. The number of ether oxygens (including phenoxy) is 3. The van der Waals surface area contributed by atoms with Crippen molar-refractivity contribution in [1.29, 1.82) is 0 Å². The van der Waals surface area contributed by atoms with E-state index in [-0.39, 0.29) is 31.1 Å². The van der Waals surface area contributed by atoms with Crippen LogP contribution < -0.4 is 0 Å². The molecule has 75 heavy (non-hydrogen) atoms. The van der Waals surface area contributed by atoms with E-state index in [0.29, 0.717) is 19.3 Å². The second-order valence-electron chi connectivity index (χ2n) is 22.4. The topological polar surface area (TPSA) is 78.9 Å². The van der Waals surface area contributed by atoms with Crippen LogP contribution in [0.15, 0.2) is 48.6 Å². The van der Waals surface area contributed by atoms with Gasteiger partial charge in [0, 0.05) is 19.3 Å². The SMILES string of the molecule is CCCCCC/C=C\C/C=C\CCCCCCCC(=O)OC(COC(=O)CCCCCCC/C=C\CCCCCCCCC)COC(=O)CCCCCCCCCCCCCCC/C=C\CCCCCCCCCC. The molecule has 1 unspecified atom stereocenters. The lowest BCUT2D eigenvalue weighted by Crippen LogP contribution is -2.30. The van der Waals surface area contributed by atoms with Crippen LogP contribution in [0.1, 0.15) is 355 Å². The molecule has 0 saturated carbocycles. The van der Waals surface area contributed by atoms with E-state index in [1.54, 1.807) is 0 Å². The number of hydrogen-bond acceptors (Lipinski definition) is 6. The normalized spacial score (nSPS) is 12.3. The zero-order chi connectivity index (χ0) is 54.3. The van der Waals surface area contributed by atoms with Gasteiger partial charge in [-0.15, -0.1) is 0 Å². The minimum absolute atomic E-state index is 0.0790. The van der Waals surface area contributed by atoms with Gasteiger partial charge >= 0.3 is 17.9 Å². The van der Waals surface area contributed by atoms with Gasteiger partial charge in [0.05, 0.1) is 0 Å². The molecule has 0 aliphatic carbocycles. The largest absolute Gasteiger partial charge is 0.462 e. The summed E-state index contributed by atoms with van der Waals surface area (Å²) < 4.78 is 16.9. The quantitative estimate of drug-likeness (QED) is 0.0261. The van der Waals surface area contributed by atoms with Crippen molar-refractivity contribution in [3.05, 3.63) is 48.6 Å². The van der Waals surface area contributed by atoms with Crippen LogP contribution in [0.4, 0.5) is 0 Å². The number of hydrogen-bond donors (Lipinski definition) is 0. The molecule has 0 rings (SSSR count). The molecule has 438 valence electrons. The highest BCUT2D eigenvalue weighted by molar-refractivity contribution is 5.71. The maximum absolute atomic E-state index is 12.9. The van der Waals surface area contributed by atoms with Gasteiger partial charge in [0.15, 0.2) is 6.10 Å². The molecule has 0 spiro atoms. The lowest BCUT2D eigenvalue weighted by molar-refractivity contribution is -0.167. The van der Waals surface area contributed by atoms with Crippen LogP contribution in [-0.4, -0.2) is 37.2 Å². The summed E-state index contributed by atoms with van der Waals surface area (Å²) in [5, 5.41) is 0. The minimum atomic E-state index is -0.784. The van der Waals surface area contributed by atoms with Crippen molar-refractivity contribution >= 4 is 17.9 Å². The Hall–Kier alpha value is -2.63. The molecule has 0 fully saturated rings. The molecule has 0 aromatic rings. The summed E-state index contributed by atoms with van der Waals surface area (Å²) in [6.45, 7) is 6.65. The maximum Gasteiger partial charge on any atom is 0.306 e. The van der Waals surface area contributed by atoms with E-state index in [4.69, 9.17) is 14.2 Å². The van der Waals surface area contributed by atoms with Crippen LogP contribution in [0.2, 0.25) is 0 Å². The summed E-state index contributed by atoms with van der Waals surface area (Å²) >= 11 is 0. The van der Waals surface area contributed by atoms with Crippen LogP contribution in [-0.2, 0) is 28.6 Å². The van der Waals surface area contributed by atoms with Crippen molar-refractivity contribution in [2.75, 3.05) is 13.2 Å². The fourth-order valence-electron chi connectivity index (χ4n) is 9.76. The molecule has 6 nitrogen and oxygen atoms in total. The van der Waals surface area contributed by atoms with Crippen LogP contribution in [0.5, 0.6) is 0 Å². The van der Waals surface area contributed by atoms with Crippen molar-refractivity contribution < 1.29 is 28.6 Å². The van der Waals surface area contributed by atoms with Crippen molar-refractivity contribution in [2.24, 2.45) is 0 Å². The molecule has 0 aliphatic heterocycles. The van der Waals surface area contributed by atoms with Gasteiger partial charge in [0.25, 0.3) is 0 Å². The minimum Gasteiger partial charge on any atom is -0.462 e. The van der Waals surface area contributed by atoms with Gasteiger partial charge < -0.3 is 14.2 Å². The number of rotatable bonds is 61. The van der Waals surface area contributed by atoms with Gasteiger partial charge in [-0.05, 0) is 103 Å². The zero-order valence-corrected chi connectivity index (χ0v) is 50.3. The predicted molar refractivity (Wildman–Crippen MR) is 325 cm³/mol. The van der Waals surface area contributed by atoms with Crippen LogP contribution in [0.3, 0.4) is 0 Å². The van der Waals surface area contributed by atoms with Crippen molar-refractivity contribution in [3.8, 4) is 0 Å². The molecule has 0 saturated heterocycles. The van der Waals surface area contributed by atoms with Gasteiger partial charge in [-0.3, -0.25) is 14.4 Å². The van der Waals surface area contributed by atoms with Gasteiger partial charge in [0.1, 0.15) is 13.2 Å². The molecule has 6 heteroatoms. The highest BCUT2D eigenvalue weighted by Crippen LogP contribution is 2.17. The second-order valence-corrected chi connectivity index (χ2v) is 22.4. The highest BCUT2D eigenvalue weighted by Gasteiger charge is 2.19. The lowest BCUT2D eigenvalue weighted by Gasteiger charge is -2.18. The third-order valence-corrected chi connectivity index (χ3v) is 14.8. The molecule has 0 radical (unpaired) electrons. The Morgan fingerprint density at radius 3 is 0.760 bits per heavy atom. The van der Waals surface area contributed by atoms with Gasteiger partial charge in [-0.25, -0.2) is 0 Å². The molecule has 1 atom stereocenters. The van der Waals surface area contributed by atoms with E-state index in [1.165, 1.54) is 225 Å². The molecular weight excluding hydrogens is 925 g/mol. The summed E-state index contributed by atoms with van der Waals surface area (Å²) in [6, 6.07) is 0. The third kappa shape index (κ3) is 62.1. The summed E-state index contributed by atoms with van der Waals surface area (Å²) in [5.41, 5.74) is 0. The van der Waals surface area contributed by atoms with E-state index in [2.05, 4.69) is 69.4 Å². The van der Waals surface area contributed by atoms with Gasteiger partial charge in [0.2, 0.25) is 0 Å². The fraction of sp³-hybridized carbons (Fsp3) is 0.841. The number of allylic oxidation sites excluding steroid dienone is 8. The Bertz CT molecular complexity index is 1300. The number of carbonyl (C=O) groups excluding carboxylic acids is 3. The molecule has 0 N–H and O–H groups in total. The summed E-state index contributed by atoms with van der Waals surface area (Å²) in [6.07, 6.45) is 79.8. The molecule has 0 bridgehead atoms. The van der Waals surface area contributed by atoms with Crippen LogP contribution >= 0.6 is 0 Å². The van der Waals surface area contributed by atoms with Gasteiger partial charge in [-0.1, -0.05) is 281 Å². The first-order valence-corrected chi connectivity index (χ1v) is 33.1. The van der Waals surface area contributed by atoms with Crippen LogP contribution in [0.25, 0.3) is 0 Å². The highest BCUT2D eigenvalue weighted by atomic mass is 16.6. The monoisotopic (exact) mass is 1050 g/mol. The second kappa shape index (κ2) is 63.9. The van der Waals surface area contributed by atoms with E-state index >= 15 is 0 Å². The Labute approximate surface area is 467 Å².